The second-order valence-corrected chi connectivity index (χ2v) is 5.14. The van der Waals surface area contributed by atoms with Crippen LogP contribution in [0.2, 0.25) is 0 Å². The minimum Gasteiger partial charge on any atom is -0.349 e. The van der Waals surface area contributed by atoms with Crippen molar-refractivity contribution in [1.82, 2.24) is 10.6 Å². The Balaban J connectivity index is 1.72. The van der Waals surface area contributed by atoms with Crippen LogP contribution in [0.5, 0.6) is 0 Å². The third-order valence-corrected chi connectivity index (χ3v) is 3.49. The first kappa shape index (κ1) is 12.2. The van der Waals surface area contributed by atoms with Crippen molar-refractivity contribution in [1.29, 1.82) is 0 Å². The van der Waals surface area contributed by atoms with Crippen molar-refractivity contribution in [3.05, 3.63) is 29.8 Å². The number of carbonyl (C=O) groups is 2. The monoisotopic (exact) mass is 259 g/mol. The number of carbonyl (C=O) groups excluding carboxylic acids is 2. The van der Waals surface area contributed by atoms with Crippen LogP contribution in [0.3, 0.4) is 0 Å². The summed E-state index contributed by atoms with van der Waals surface area (Å²) in [5.74, 6) is -0.116. The second kappa shape index (κ2) is 5.01. The molecule has 1 heterocycles. The molecule has 3 rings (SSSR count). The normalized spacial score (nSPS) is 18.5. The lowest BCUT2D eigenvalue weighted by molar-refractivity contribution is -0.121. The van der Waals surface area contributed by atoms with E-state index >= 15 is 0 Å². The van der Waals surface area contributed by atoms with E-state index in [2.05, 4.69) is 16.0 Å². The molecular formula is C14H17N3O2. The van der Waals surface area contributed by atoms with Crippen LogP contribution >= 0.6 is 0 Å². The van der Waals surface area contributed by atoms with E-state index < -0.39 is 0 Å². The van der Waals surface area contributed by atoms with Gasteiger partial charge in [0.2, 0.25) is 5.91 Å². The van der Waals surface area contributed by atoms with E-state index in [1.54, 1.807) is 12.1 Å². The Morgan fingerprint density at radius 1 is 1.16 bits per heavy atom. The van der Waals surface area contributed by atoms with Crippen LogP contribution in [-0.4, -0.2) is 30.9 Å². The fourth-order valence-corrected chi connectivity index (χ4v) is 1.99. The maximum atomic E-state index is 12.1. The quantitative estimate of drug-likeness (QED) is 0.747. The van der Waals surface area contributed by atoms with E-state index in [-0.39, 0.29) is 17.7 Å². The molecule has 0 bridgehead atoms. The van der Waals surface area contributed by atoms with E-state index in [4.69, 9.17) is 0 Å². The molecule has 1 aliphatic carbocycles. The molecule has 0 aromatic heterocycles. The summed E-state index contributed by atoms with van der Waals surface area (Å²) in [5.41, 5.74) is 1.13. The first-order valence-electron chi connectivity index (χ1n) is 6.65. The van der Waals surface area contributed by atoms with Gasteiger partial charge in [-0.3, -0.25) is 9.59 Å². The molecule has 1 aromatic rings. The van der Waals surface area contributed by atoms with Crippen molar-refractivity contribution >= 4 is 17.5 Å². The summed E-state index contributed by atoms with van der Waals surface area (Å²) in [4.78, 5) is 24.0. The van der Waals surface area contributed by atoms with Gasteiger partial charge < -0.3 is 16.0 Å². The second-order valence-electron chi connectivity index (χ2n) is 5.14. The van der Waals surface area contributed by atoms with Crippen LogP contribution < -0.4 is 16.0 Å². The molecular weight excluding hydrogens is 242 g/mol. The first-order chi connectivity index (χ1) is 9.24. The topological polar surface area (TPSA) is 70.2 Å². The van der Waals surface area contributed by atoms with Gasteiger partial charge in [0.05, 0.1) is 17.2 Å². The van der Waals surface area contributed by atoms with Gasteiger partial charge in [0.1, 0.15) is 0 Å². The number of hydrogen-bond donors (Lipinski definition) is 3. The van der Waals surface area contributed by atoms with Crippen molar-refractivity contribution in [3.63, 3.8) is 0 Å². The minimum atomic E-state index is -0.106. The summed E-state index contributed by atoms with van der Waals surface area (Å²) in [6.45, 7) is 1.42. The van der Waals surface area contributed by atoms with Gasteiger partial charge in [-0.05, 0) is 25.0 Å². The number of benzene rings is 1. The van der Waals surface area contributed by atoms with Gasteiger partial charge in [-0.2, -0.15) is 0 Å². The van der Waals surface area contributed by atoms with Crippen LogP contribution in [0.4, 0.5) is 5.69 Å². The Morgan fingerprint density at radius 3 is 2.53 bits per heavy atom. The standard InChI is InChI=1S/C14H17N3O2/c18-13(9-7-15-8-9)17-12-4-2-1-3-11(12)14(19)16-10-5-6-10/h1-4,9-10,15H,5-8H2,(H,16,19)(H,17,18). The third-order valence-electron chi connectivity index (χ3n) is 3.49. The average Bonchev–Trinajstić information content (AvgIpc) is 3.11. The molecule has 1 aliphatic heterocycles. The molecule has 0 atom stereocenters. The fraction of sp³-hybridized carbons (Fsp3) is 0.429. The highest BCUT2D eigenvalue weighted by Gasteiger charge is 2.27. The Labute approximate surface area is 111 Å². The lowest BCUT2D eigenvalue weighted by Gasteiger charge is -2.26. The molecule has 2 amide bonds. The molecule has 19 heavy (non-hydrogen) atoms. The SMILES string of the molecule is O=C(NC1CC1)c1ccccc1NC(=O)C1CNC1. The molecule has 1 saturated carbocycles. The Morgan fingerprint density at radius 2 is 1.89 bits per heavy atom. The smallest absolute Gasteiger partial charge is 0.253 e. The fourth-order valence-electron chi connectivity index (χ4n) is 1.99. The molecule has 0 unspecified atom stereocenters. The Hall–Kier alpha value is -1.88. The van der Waals surface area contributed by atoms with Gasteiger partial charge in [-0.15, -0.1) is 0 Å². The van der Waals surface area contributed by atoms with Crippen molar-refractivity contribution in [2.45, 2.75) is 18.9 Å². The molecule has 1 saturated heterocycles. The lowest BCUT2D eigenvalue weighted by Crippen LogP contribution is -2.48. The predicted molar refractivity (Wildman–Crippen MR) is 71.9 cm³/mol. The Bertz CT molecular complexity index is 507. The minimum absolute atomic E-state index is 0.0135. The molecule has 5 heteroatoms. The number of hydrogen-bond acceptors (Lipinski definition) is 3. The van der Waals surface area contributed by atoms with Crippen LogP contribution in [0.1, 0.15) is 23.2 Å². The van der Waals surface area contributed by atoms with Crippen LogP contribution in [-0.2, 0) is 4.79 Å². The lowest BCUT2D eigenvalue weighted by atomic mass is 10.0. The number of nitrogens with one attached hydrogen (secondary N) is 3. The maximum absolute atomic E-state index is 12.1. The van der Waals surface area contributed by atoms with Crippen molar-refractivity contribution in [3.8, 4) is 0 Å². The average molecular weight is 259 g/mol. The largest absolute Gasteiger partial charge is 0.349 e. The highest BCUT2D eigenvalue weighted by atomic mass is 16.2. The first-order valence-corrected chi connectivity index (χ1v) is 6.65. The zero-order valence-corrected chi connectivity index (χ0v) is 10.6. The number of para-hydroxylation sites is 1. The van der Waals surface area contributed by atoms with Crippen LogP contribution in [0.15, 0.2) is 24.3 Å². The van der Waals surface area contributed by atoms with Gasteiger partial charge in [0.15, 0.2) is 0 Å². The summed E-state index contributed by atoms with van der Waals surface area (Å²) in [5, 5.41) is 8.85. The van der Waals surface area contributed by atoms with Gasteiger partial charge in [0, 0.05) is 19.1 Å². The zero-order valence-electron chi connectivity index (χ0n) is 10.6. The van der Waals surface area contributed by atoms with Crippen molar-refractivity contribution < 1.29 is 9.59 Å². The van der Waals surface area contributed by atoms with Crippen LogP contribution in [0.25, 0.3) is 0 Å². The van der Waals surface area contributed by atoms with E-state index in [0.717, 1.165) is 12.8 Å². The molecule has 2 aliphatic rings. The molecule has 0 radical (unpaired) electrons. The van der Waals surface area contributed by atoms with E-state index in [9.17, 15) is 9.59 Å². The zero-order chi connectivity index (χ0) is 13.2. The summed E-state index contributed by atoms with van der Waals surface area (Å²) in [6, 6.07) is 7.45. The molecule has 100 valence electrons. The molecule has 5 nitrogen and oxygen atoms in total. The van der Waals surface area contributed by atoms with Gasteiger partial charge in [-0.25, -0.2) is 0 Å². The Kier molecular flexibility index (Phi) is 3.21. The van der Waals surface area contributed by atoms with Gasteiger partial charge in [0.25, 0.3) is 5.91 Å². The van der Waals surface area contributed by atoms with Crippen LogP contribution in [0, 0.1) is 5.92 Å². The van der Waals surface area contributed by atoms with E-state index in [0.29, 0.717) is 30.4 Å². The summed E-state index contributed by atoms with van der Waals surface area (Å²) < 4.78 is 0. The number of anilines is 1. The predicted octanol–water partition coefficient (Wildman–Crippen LogP) is 0.737. The maximum Gasteiger partial charge on any atom is 0.253 e. The summed E-state index contributed by atoms with van der Waals surface area (Å²) >= 11 is 0. The van der Waals surface area contributed by atoms with Gasteiger partial charge >= 0.3 is 0 Å². The molecule has 0 spiro atoms. The summed E-state index contributed by atoms with van der Waals surface area (Å²) in [7, 11) is 0. The third kappa shape index (κ3) is 2.76. The number of amides is 2. The summed E-state index contributed by atoms with van der Waals surface area (Å²) in [6.07, 6.45) is 2.10. The molecule has 1 aromatic carbocycles. The van der Waals surface area contributed by atoms with Crippen molar-refractivity contribution in [2.75, 3.05) is 18.4 Å². The van der Waals surface area contributed by atoms with E-state index in [1.165, 1.54) is 0 Å². The van der Waals surface area contributed by atoms with E-state index in [1.807, 2.05) is 12.1 Å². The van der Waals surface area contributed by atoms with Crippen molar-refractivity contribution in [2.24, 2.45) is 5.92 Å². The highest BCUT2D eigenvalue weighted by Crippen LogP contribution is 2.22. The molecule has 2 fully saturated rings. The molecule has 3 N–H and O–H groups in total. The highest BCUT2D eigenvalue weighted by molar-refractivity contribution is 6.04. The van der Waals surface area contributed by atoms with Gasteiger partial charge in [-0.1, -0.05) is 12.1 Å². The number of rotatable bonds is 4.